The molecule has 0 radical (unpaired) electrons. The largest absolute Gasteiger partial charge is 0.438 e. The first kappa shape index (κ1) is 14.0. The molecular formula is C11H15N5O4. The van der Waals surface area contributed by atoms with E-state index in [0.717, 1.165) is 0 Å². The minimum absolute atomic E-state index is 0.0209. The first-order valence-electron chi connectivity index (χ1n) is 6.09. The number of rotatable bonds is 6. The third kappa shape index (κ3) is 4.05. The van der Waals surface area contributed by atoms with Crippen LogP contribution < -0.4 is 11.1 Å². The summed E-state index contributed by atoms with van der Waals surface area (Å²) < 4.78 is 5.98. The Morgan fingerprint density at radius 1 is 1.65 bits per heavy atom. The summed E-state index contributed by atoms with van der Waals surface area (Å²) in [5, 5.41) is 19.3. The van der Waals surface area contributed by atoms with E-state index in [1.165, 1.54) is 6.92 Å². The lowest BCUT2D eigenvalue weighted by atomic mass is 10.3. The number of aliphatic hydroxyl groups is 1. The monoisotopic (exact) mass is 281 g/mol. The van der Waals surface area contributed by atoms with Gasteiger partial charge in [-0.25, -0.2) is 4.79 Å². The van der Waals surface area contributed by atoms with Gasteiger partial charge in [0.15, 0.2) is 11.6 Å². The molecule has 1 amide bonds. The number of hydrogen-bond donors (Lipinski definition) is 3. The fourth-order valence-corrected chi connectivity index (χ4v) is 1.60. The maximum Gasteiger partial charge on any atom is 0.438 e. The van der Waals surface area contributed by atoms with Crippen molar-refractivity contribution in [2.75, 3.05) is 5.32 Å². The maximum atomic E-state index is 11.4. The maximum absolute atomic E-state index is 11.4. The van der Waals surface area contributed by atoms with Gasteiger partial charge in [0.25, 0.3) is 0 Å². The fraction of sp³-hybridized carbons (Fsp3) is 0.455. The summed E-state index contributed by atoms with van der Waals surface area (Å²) in [5.74, 6) is -0.0490. The lowest BCUT2D eigenvalue weighted by Crippen LogP contribution is -2.18. The number of amides is 1. The van der Waals surface area contributed by atoms with Crippen molar-refractivity contribution in [3.63, 3.8) is 0 Å². The molecule has 20 heavy (non-hydrogen) atoms. The van der Waals surface area contributed by atoms with Gasteiger partial charge < -0.3 is 10.4 Å². The summed E-state index contributed by atoms with van der Waals surface area (Å²) in [6, 6.07) is 1.64. The average molecular weight is 281 g/mol. The van der Waals surface area contributed by atoms with E-state index in [1.54, 1.807) is 16.9 Å². The molecule has 2 rings (SSSR count). The van der Waals surface area contributed by atoms with Crippen molar-refractivity contribution in [2.45, 2.75) is 32.4 Å². The average Bonchev–Trinajstić information content (AvgIpc) is 2.95. The van der Waals surface area contributed by atoms with Crippen LogP contribution in [-0.4, -0.2) is 37.0 Å². The van der Waals surface area contributed by atoms with Crippen LogP contribution in [0.25, 0.3) is 0 Å². The summed E-state index contributed by atoms with van der Waals surface area (Å²) >= 11 is 0. The van der Waals surface area contributed by atoms with Gasteiger partial charge in [-0.2, -0.15) is 5.10 Å². The topological polar surface area (TPSA) is 126 Å². The number of nitrogens with one attached hydrogen (secondary N) is 2. The van der Waals surface area contributed by atoms with Gasteiger partial charge in [0.2, 0.25) is 5.91 Å². The number of nitrogens with zero attached hydrogens (tertiary/aromatic N) is 3. The Balaban J connectivity index is 1.85. The summed E-state index contributed by atoms with van der Waals surface area (Å²) in [5.41, 5.74) is 0. The van der Waals surface area contributed by atoms with Gasteiger partial charge in [-0.05, 0) is 6.92 Å². The second-order valence-electron chi connectivity index (χ2n) is 4.36. The molecule has 0 saturated heterocycles. The Bertz CT molecular complexity index is 627. The van der Waals surface area contributed by atoms with Gasteiger partial charge in [-0.15, -0.1) is 0 Å². The van der Waals surface area contributed by atoms with Crippen molar-refractivity contribution in [1.82, 2.24) is 19.9 Å². The third-order valence-electron chi connectivity index (χ3n) is 2.45. The van der Waals surface area contributed by atoms with Crippen molar-refractivity contribution >= 4 is 11.7 Å². The Morgan fingerprint density at radius 3 is 3.10 bits per heavy atom. The molecule has 0 aromatic carbocycles. The van der Waals surface area contributed by atoms with E-state index in [0.29, 0.717) is 24.6 Å². The van der Waals surface area contributed by atoms with E-state index in [4.69, 9.17) is 5.11 Å². The Kier molecular flexibility index (Phi) is 4.31. The highest BCUT2D eigenvalue weighted by molar-refractivity contribution is 5.89. The second-order valence-corrected chi connectivity index (χ2v) is 4.36. The van der Waals surface area contributed by atoms with E-state index in [-0.39, 0.29) is 12.3 Å². The Morgan fingerprint density at radius 2 is 2.45 bits per heavy atom. The molecule has 9 nitrogen and oxygen atoms in total. The molecule has 0 aliphatic heterocycles. The van der Waals surface area contributed by atoms with E-state index >= 15 is 0 Å². The smallest absolute Gasteiger partial charge is 0.393 e. The van der Waals surface area contributed by atoms with Gasteiger partial charge in [0.05, 0.1) is 12.5 Å². The molecule has 0 fully saturated rings. The highest BCUT2D eigenvalue weighted by atomic mass is 16.5. The number of aliphatic hydroxyl groups excluding tert-OH is 1. The summed E-state index contributed by atoms with van der Waals surface area (Å²) in [7, 11) is 0. The highest BCUT2D eigenvalue weighted by Crippen LogP contribution is 2.04. The van der Waals surface area contributed by atoms with Crippen molar-refractivity contribution in [3.05, 3.63) is 28.6 Å². The number of aromatic amines is 1. The van der Waals surface area contributed by atoms with Crippen molar-refractivity contribution in [1.29, 1.82) is 0 Å². The van der Waals surface area contributed by atoms with Crippen LogP contribution in [0.4, 0.5) is 5.82 Å². The first-order chi connectivity index (χ1) is 9.52. The van der Waals surface area contributed by atoms with E-state index in [9.17, 15) is 9.59 Å². The Labute approximate surface area is 113 Å². The molecule has 0 saturated carbocycles. The predicted molar refractivity (Wildman–Crippen MR) is 68.0 cm³/mol. The minimum atomic E-state index is -0.693. The molecule has 9 heteroatoms. The quantitative estimate of drug-likeness (QED) is 0.656. The molecule has 3 N–H and O–H groups in total. The number of aryl methyl sites for hydroxylation is 2. The van der Waals surface area contributed by atoms with E-state index in [2.05, 4.69) is 25.1 Å². The molecule has 2 heterocycles. The van der Waals surface area contributed by atoms with Crippen LogP contribution in [-0.2, 0) is 17.8 Å². The van der Waals surface area contributed by atoms with Crippen LogP contribution >= 0.6 is 0 Å². The molecule has 0 aliphatic rings. The Hall–Kier alpha value is -2.42. The van der Waals surface area contributed by atoms with Crippen molar-refractivity contribution in [3.8, 4) is 0 Å². The summed E-state index contributed by atoms with van der Waals surface area (Å²) in [6.45, 7) is 2.02. The van der Waals surface area contributed by atoms with Crippen LogP contribution in [0.1, 0.15) is 19.2 Å². The standard InChI is InChI=1S/C11H15N5O4/c1-7(17)6-10(18)12-8-2-4-16(14-8)5-3-9-13-11(19)20-15-9/h2,4,7,17H,3,5-6H2,1H3,(H,12,14,18)(H,13,15,19)/t7-/m0/s1. The summed E-state index contributed by atoms with van der Waals surface area (Å²) in [6.07, 6.45) is 1.47. The molecule has 2 aromatic rings. The van der Waals surface area contributed by atoms with Crippen LogP contribution in [0.15, 0.2) is 21.6 Å². The number of hydrogen-bond acceptors (Lipinski definition) is 6. The van der Waals surface area contributed by atoms with Gasteiger partial charge in [-0.1, -0.05) is 5.16 Å². The van der Waals surface area contributed by atoms with Crippen LogP contribution in [0, 0.1) is 0 Å². The lowest BCUT2D eigenvalue weighted by Gasteiger charge is -2.03. The molecule has 108 valence electrons. The SMILES string of the molecule is C[C@H](O)CC(=O)Nc1ccn(CCc2noc(=O)[nH]2)n1. The van der Waals surface area contributed by atoms with Gasteiger partial charge in [0, 0.05) is 25.2 Å². The molecule has 0 aliphatic carbocycles. The number of carbonyl (C=O) groups is 1. The molecule has 0 unspecified atom stereocenters. The van der Waals surface area contributed by atoms with Crippen LogP contribution in [0.3, 0.4) is 0 Å². The minimum Gasteiger partial charge on any atom is -0.393 e. The summed E-state index contributed by atoms with van der Waals surface area (Å²) in [4.78, 5) is 24.6. The van der Waals surface area contributed by atoms with Crippen molar-refractivity contribution in [2.24, 2.45) is 0 Å². The fourth-order valence-electron chi connectivity index (χ4n) is 1.60. The molecule has 1 atom stereocenters. The zero-order chi connectivity index (χ0) is 14.5. The van der Waals surface area contributed by atoms with Gasteiger partial charge in [0.1, 0.15) is 0 Å². The molecule has 2 aromatic heterocycles. The first-order valence-corrected chi connectivity index (χ1v) is 6.09. The molecule has 0 bridgehead atoms. The highest BCUT2D eigenvalue weighted by Gasteiger charge is 2.08. The number of aromatic nitrogens is 4. The predicted octanol–water partition coefficient (Wildman–Crippen LogP) is -0.489. The van der Waals surface area contributed by atoms with Crippen LogP contribution in [0.5, 0.6) is 0 Å². The van der Waals surface area contributed by atoms with Gasteiger partial charge in [-0.3, -0.25) is 19.0 Å². The normalized spacial score (nSPS) is 12.3. The zero-order valence-corrected chi connectivity index (χ0v) is 10.9. The van der Waals surface area contributed by atoms with Gasteiger partial charge >= 0.3 is 5.76 Å². The molecular weight excluding hydrogens is 266 g/mol. The second kappa shape index (κ2) is 6.15. The number of carbonyl (C=O) groups excluding carboxylic acids is 1. The van der Waals surface area contributed by atoms with E-state index in [1.807, 2.05) is 0 Å². The van der Waals surface area contributed by atoms with Crippen molar-refractivity contribution < 1.29 is 14.4 Å². The lowest BCUT2D eigenvalue weighted by molar-refractivity contribution is -0.117. The molecule has 0 spiro atoms. The van der Waals surface area contributed by atoms with Crippen LogP contribution in [0.2, 0.25) is 0 Å². The zero-order valence-electron chi connectivity index (χ0n) is 10.9. The number of anilines is 1. The van der Waals surface area contributed by atoms with E-state index < -0.39 is 11.9 Å². The number of H-pyrrole nitrogens is 1. The third-order valence-corrected chi connectivity index (χ3v) is 2.45.